The van der Waals surface area contributed by atoms with Crippen LogP contribution in [-0.2, 0) is 33.2 Å². The fourth-order valence-electron chi connectivity index (χ4n) is 6.06. The van der Waals surface area contributed by atoms with Crippen molar-refractivity contribution in [1.29, 1.82) is 0 Å². The molecular formula is C23H36O8S3. The maximum atomic E-state index is 14.0. The SMILES string of the molecule is COCO[C@H]([C@@H]1CSC[C@@H]([C@@H](O)[C@@H]2CSCCC23OCCO3)C1=O)[C@@H]1CSCCC12OCCO2. The summed E-state index contributed by atoms with van der Waals surface area (Å²) in [5.74, 6) is 2.16. The molecule has 5 heterocycles. The van der Waals surface area contributed by atoms with E-state index in [0.29, 0.717) is 37.9 Å². The van der Waals surface area contributed by atoms with Crippen LogP contribution in [0.15, 0.2) is 0 Å². The van der Waals surface area contributed by atoms with Gasteiger partial charge in [0, 0.05) is 54.8 Å². The minimum Gasteiger partial charge on any atom is -0.392 e. The number of aliphatic hydroxyl groups excluding tert-OH is 1. The van der Waals surface area contributed by atoms with Crippen molar-refractivity contribution >= 4 is 41.1 Å². The Morgan fingerprint density at radius 1 is 0.882 bits per heavy atom. The van der Waals surface area contributed by atoms with Gasteiger partial charge in [0.25, 0.3) is 0 Å². The van der Waals surface area contributed by atoms with Crippen molar-refractivity contribution in [2.75, 3.05) is 74.8 Å². The quantitative estimate of drug-likeness (QED) is 0.484. The van der Waals surface area contributed by atoms with Gasteiger partial charge in [-0.1, -0.05) is 0 Å². The van der Waals surface area contributed by atoms with Crippen LogP contribution < -0.4 is 0 Å². The smallest absolute Gasteiger partial charge is 0.175 e. The van der Waals surface area contributed by atoms with Gasteiger partial charge in [-0.25, -0.2) is 0 Å². The van der Waals surface area contributed by atoms with Crippen LogP contribution in [0, 0.1) is 23.7 Å². The summed E-state index contributed by atoms with van der Waals surface area (Å²) in [5, 5.41) is 11.6. The van der Waals surface area contributed by atoms with Gasteiger partial charge in [0.2, 0.25) is 0 Å². The molecule has 0 amide bonds. The molecule has 1 N–H and O–H groups in total. The molecule has 5 aliphatic rings. The second-order valence-electron chi connectivity index (χ2n) is 9.56. The number of rotatable bonds is 7. The Labute approximate surface area is 214 Å². The van der Waals surface area contributed by atoms with Gasteiger partial charge in [-0.3, -0.25) is 4.79 Å². The van der Waals surface area contributed by atoms with Crippen molar-refractivity contribution in [2.24, 2.45) is 23.7 Å². The molecule has 8 nitrogen and oxygen atoms in total. The number of carbonyl (C=O) groups excluding carboxylic acids is 1. The highest BCUT2D eigenvalue weighted by Gasteiger charge is 2.56. The highest BCUT2D eigenvalue weighted by atomic mass is 32.2. The Hall–Kier alpha value is 0.440. The molecule has 5 rings (SSSR count). The van der Waals surface area contributed by atoms with Gasteiger partial charge in [-0.15, -0.1) is 0 Å². The highest BCUT2D eigenvalue weighted by Crippen LogP contribution is 2.47. The number of Topliss-reactive ketones (excluding diaryl/α,β-unsaturated/α-hetero) is 1. The van der Waals surface area contributed by atoms with Crippen LogP contribution in [0.5, 0.6) is 0 Å². The van der Waals surface area contributed by atoms with Gasteiger partial charge in [-0.2, -0.15) is 35.3 Å². The summed E-state index contributed by atoms with van der Waals surface area (Å²) in [6, 6.07) is 0. The second kappa shape index (κ2) is 11.4. The van der Waals surface area contributed by atoms with E-state index in [1.165, 1.54) is 0 Å². The minimum absolute atomic E-state index is 0.0693. The molecule has 0 bridgehead atoms. The number of methoxy groups -OCH3 is 1. The molecule has 5 saturated heterocycles. The predicted molar refractivity (Wildman–Crippen MR) is 132 cm³/mol. The van der Waals surface area contributed by atoms with Crippen LogP contribution in [0.4, 0.5) is 0 Å². The normalized spacial score (nSPS) is 37.3. The second-order valence-corrected chi connectivity index (χ2v) is 12.9. The summed E-state index contributed by atoms with van der Waals surface area (Å²) in [7, 11) is 1.59. The van der Waals surface area contributed by atoms with E-state index < -0.39 is 29.7 Å². The van der Waals surface area contributed by atoms with E-state index in [1.807, 2.05) is 11.8 Å². The first-order chi connectivity index (χ1) is 16.6. The number of ketones is 1. The van der Waals surface area contributed by atoms with Gasteiger partial charge < -0.3 is 33.5 Å². The van der Waals surface area contributed by atoms with E-state index in [9.17, 15) is 9.90 Å². The first-order valence-corrected chi connectivity index (χ1v) is 15.7. The fraction of sp³-hybridized carbons (Fsp3) is 0.957. The van der Waals surface area contributed by atoms with E-state index in [-0.39, 0.29) is 30.3 Å². The molecule has 11 heteroatoms. The van der Waals surface area contributed by atoms with E-state index in [4.69, 9.17) is 28.4 Å². The third-order valence-corrected chi connectivity index (χ3v) is 11.2. The Morgan fingerprint density at radius 2 is 1.44 bits per heavy atom. The monoisotopic (exact) mass is 536 g/mol. The van der Waals surface area contributed by atoms with Crippen LogP contribution in [0.1, 0.15) is 12.8 Å². The van der Waals surface area contributed by atoms with Gasteiger partial charge >= 0.3 is 0 Å². The van der Waals surface area contributed by atoms with Crippen LogP contribution >= 0.6 is 35.3 Å². The molecule has 0 aromatic rings. The summed E-state index contributed by atoms with van der Waals surface area (Å²) < 4.78 is 35.9. The Balaban J connectivity index is 1.37. The molecule has 0 radical (unpaired) electrons. The lowest BCUT2D eigenvalue weighted by Gasteiger charge is -2.47. The Kier molecular flexibility index (Phi) is 8.78. The number of aliphatic hydroxyl groups is 1. The average Bonchev–Trinajstić information content (AvgIpc) is 3.52. The molecule has 0 saturated carbocycles. The summed E-state index contributed by atoms with van der Waals surface area (Å²) in [4.78, 5) is 14.0. The summed E-state index contributed by atoms with van der Waals surface area (Å²) in [6.45, 7) is 2.31. The zero-order valence-corrected chi connectivity index (χ0v) is 22.1. The first kappa shape index (κ1) is 26.1. The molecule has 6 atom stereocenters. The van der Waals surface area contributed by atoms with Crippen molar-refractivity contribution in [3.8, 4) is 0 Å². The van der Waals surface area contributed by atoms with Crippen molar-refractivity contribution < 1.29 is 38.3 Å². The van der Waals surface area contributed by atoms with Crippen LogP contribution in [0.25, 0.3) is 0 Å². The van der Waals surface area contributed by atoms with Crippen LogP contribution in [0.2, 0.25) is 0 Å². The highest BCUT2D eigenvalue weighted by molar-refractivity contribution is 7.99. The molecule has 0 unspecified atom stereocenters. The van der Waals surface area contributed by atoms with Gasteiger partial charge in [0.1, 0.15) is 12.6 Å². The molecule has 2 spiro atoms. The summed E-state index contributed by atoms with van der Waals surface area (Å²) in [6.07, 6.45) is 0.318. The lowest BCUT2D eigenvalue weighted by molar-refractivity contribution is -0.235. The number of carbonyl (C=O) groups is 1. The van der Waals surface area contributed by atoms with Crippen molar-refractivity contribution in [2.45, 2.75) is 36.6 Å². The van der Waals surface area contributed by atoms with Gasteiger partial charge in [-0.05, 0) is 11.5 Å². The Bertz CT molecular complexity index is 700. The van der Waals surface area contributed by atoms with Gasteiger partial charge in [0.05, 0.1) is 50.5 Å². The number of hydrogen-bond acceptors (Lipinski definition) is 11. The van der Waals surface area contributed by atoms with Crippen LogP contribution in [0.3, 0.4) is 0 Å². The van der Waals surface area contributed by atoms with Crippen molar-refractivity contribution in [1.82, 2.24) is 0 Å². The van der Waals surface area contributed by atoms with E-state index in [1.54, 1.807) is 30.6 Å². The number of ether oxygens (including phenoxy) is 6. The first-order valence-electron chi connectivity index (χ1n) is 12.2. The van der Waals surface area contributed by atoms with Crippen molar-refractivity contribution in [3.05, 3.63) is 0 Å². The molecule has 5 fully saturated rings. The summed E-state index contributed by atoms with van der Waals surface area (Å²) in [5.41, 5.74) is 0. The van der Waals surface area contributed by atoms with E-state index in [0.717, 1.165) is 35.9 Å². The maximum Gasteiger partial charge on any atom is 0.175 e. The third-order valence-electron chi connectivity index (χ3n) is 7.79. The zero-order chi connectivity index (χ0) is 23.6. The van der Waals surface area contributed by atoms with E-state index in [2.05, 4.69) is 0 Å². The predicted octanol–water partition coefficient (Wildman–Crippen LogP) is 1.88. The van der Waals surface area contributed by atoms with Gasteiger partial charge in [0.15, 0.2) is 11.6 Å². The topological polar surface area (TPSA) is 92.7 Å². The molecular weight excluding hydrogens is 500 g/mol. The third kappa shape index (κ3) is 4.96. The maximum absolute atomic E-state index is 14.0. The summed E-state index contributed by atoms with van der Waals surface area (Å²) >= 11 is 5.36. The molecule has 0 aromatic carbocycles. The molecule has 34 heavy (non-hydrogen) atoms. The minimum atomic E-state index is -0.814. The van der Waals surface area contributed by atoms with Crippen LogP contribution in [-0.4, -0.2) is 110 Å². The number of thioether (sulfide) groups is 3. The Morgan fingerprint density at radius 3 is 2.06 bits per heavy atom. The average molecular weight is 537 g/mol. The molecule has 0 aliphatic carbocycles. The fourth-order valence-corrected chi connectivity index (χ4v) is 10.0. The largest absolute Gasteiger partial charge is 0.392 e. The lowest BCUT2D eigenvalue weighted by Crippen LogP contribution is -2.58. The standard InChI is InChI=1S/C23H36O8S3/c1-26-14-27-21(18-13-33-9-3-23(18)30-6-7-31-23)16-11-34-10-15(19(16)24)20(25)17-12-32-8-2-22(17)28-4-5-29-22/h15-18,20-21,25H,2-14H2,1H3/t15-,16-,17+,18+,20-,21-/m1/s1. The zero-order valence-electron chi connectivity index (χ0n) is 19.7. The number of hydrogen-bond donors (Lipinski definition) is 1. The van der Waals surface area contributed by atoms with Crippen molar-refractivity contribution in [3.63, 3.8) is 0 Å². The lowest BCUT2D eigenvalue weighted by atomic mass is 9.76. The molecule has 5 aliphatic heterocycles. The van der Waals surface area contributed by atoms with E-state index >= 15 is 0 Å². The molecule has 0 aromatic heterocycles. The molecule has 194 valence electrons.